The number of carbonyl (C=O) groups excluding carboxylic acids is 2. The van der Waals surface area contributed by atoms with Crippen molar-refractivity contribution in [2.24, 2.45) is 5.73 Å². The summed E-state index contributed by atoms with van der Waals surface area (Å²) in [4.78, 5) is 23.0. The molecule has 11 heteroatoms. The minimum atomic E-state index is -1.57. The number of ether oxygens (including phenoxy) is 2. The number of aromatic nitrogens is 2. The number of methoxy groups -OCH3 is 1. The maximum Gasteiger partial charge on any atom is 0.362 e. The average molecular weight is 317 g/mol. The fourth-order valence-electron chi connectivity index (χ4n) is 2.16. The van der Waals surface area contributed by atoms with Gasteiger partial charge < -0.3 is 35.6 Å². The maximum absolute atomic E-state index is 11.5. The molecule has 0 bridgehead atoms. The summed E-state index contributed by atoms with van der Waals surface area (Å²) in [5, 5.41) is 42.2. The number of nitrogens with zero attached hydrogens (tertiary/aromatic N) is 2. The largest absolute Gasteiger partial charge is 0.503 e. The third-order valence-electron chi connectivity index (χ3n) is 3.26. The minimum absolute atomic E-state index is 0.599. The molecule has 11 nitrogen and oxygen atoms in total. The number of primary amides is 1. The lowest BCUT2D eigenvalue weighted by molar-refractivity contribution is -0.0595. The van der Waals surface area contributed by atoms with Crippen LogP contribution < -0.4 is 5.73 Å². The van der Waals surface area contributed by atoms with Crippen molar-refractivity contribution in [2.75, 3.05) is 13.7 Å². The molecule has 6 N–H and O–H groups in total. The van der Waals surface area contributed by atoms with Gasteiger partial charge in [0.05, 0.1) is 13.7 Å². The highest BCUT2D eigenvalue weighted by atomic mass is 16.6. The van der Waals surface area contributed by atoms with Crippen LogP contribution in [-0.4, -0.2) is 74.1 Å². The Bertz CT molecular complexity index is 600. The van der Waals surface area contributed by atoms with E-state index in [4.69, 9.17) is 15.6 Å². The summed E-state index contributed by atoms with van der Waals surface area (Å²) in [5.41, 5.74) is 3.92. The minimum Gasteiger partial charge on any atom is -0.503 e. The van der Waals surface area contributed by atoms with E-state index in [9.17, 15) is 24.9 Å². The van der Waals surface area contributed by atoms with Crippen molar-refractivity contribution in [1.82, 2.24) is 9.78 Å². The molecular formula is C11H15N3O8. The molecular weight excluding hydrogens is 302 g/mol. The van der Waals surface area contributed by atoms with Crippen molar-refractivity contribution in [3.63, 3.8) is 0 Å². The Morgan fingerprint density at radius 1 is 1.41 bits per heavy atom. The van der Waals surface area contributed by atoms with Gasteiger partial charge in [-0.3, -0.25) is 4.79 Å². The molecule has 122 valence electrons. The summed E-state index contributed by atoms with van der Waals surface area (Å²) in [5.74, 6) is -3.01. The molecule has 1 amide bonds. The fourth-order valence-corrected chi connectivity index (χ4v) is 2.16. The number of rotatable bonds is 4. The molecule has 0 aliphatic carbocycles. The summed E-state index contributed by atoms with van der Waals surface area (Å²) < 4.78 is 10.2. The van der Waals surface area contributed by atoms with Gasteiger partial charge in [0.1, 0.15) is 18.3 Å². The van der Waals surface area contributed by atoms with E-state index >= 15 is 0 Å². The number of amides is 1. The van der Waals surface area contributed by atoms with E-state index in [2.05, 4.69) is 9.84 Å². The SMILES string of the molecule is COC(=O)c1nn([C@@H]2O[C@H](CO)[C@@H](O)[C@H]2O)c(C(N)=O)c1O. The Balaban J connectivity index is 2.51. The fraction of sp³-hybridized carbons (Fsp3) is 0.545. The van der Waals surface area contributed by atoms with Crippen molar-refractivity contribution < 1.29 is 39.5 Å². The predicted octanol–water partition coefficient (Wildman–Crippen LogP) is -2.91. The number of hydrogen-bond donors (Lipinski definition) is 5. The molecule has 4 atom stereocenters. The average Bonchev–Trinajstić information content (AvgIpc) is 2.97. The van der Waals surface area contributed by atoms with Gasteiger partial charge in [-0.1, -0.05) is 0 Å². The zero-order valence-corrected chi connectivity index (χ0v) is 11.4. The lowest BCUT2D eigenvalue weighted by Crippen LogP contribution is -2.34. The Kier molecular flexibility index (Phi) is 4.32. The van der Waals surface area contributed by atoms with E-state index in [1.165, 1.54) is 0 Å². The quantitative estimate of drug-likeness (QED) is 0.364. The van der Waals surface area contributed by atoms with Crippen LogP contribution >= 0.6 is 0 Å². The van der Waals surface area contributed by atoms with Gasteiger partial charge >= 0.3 is 5.97 Å². The summed E-state index contributed by atoms with van der Waals surface area (Å²) in [6, 6.07) is 0. The van der Waals surface area contributed by atoms with E-state index in [1.807, 2.05) is 0 Å². The zero-order valence-electron chi connectivity index (χ0n) is 11.4. The molecule has 2 rings (SSSR count). The van der Waals surface area contributed by atoms with Crippen molar-refractivity contribution >= 4 is 11.9 Å². The second-order valence-corrected chi connectivity index (χ2v) is 4.58. The summed E-state index contributed by atoms with van der Waals surface area (Å²) in [7, 11) is 1.04. The molecule has 22 heavy (non-hydrogen) atoms. The van der Waals surface area contributed by atoms with Gasteiger partial charge in [0.25, 0.3) is 5.91 Å². The molecule has 0 unspecified atom stereocenters. The first-order chi connectivity index (χ1) is 10.3. The van der Waals surface area contributed by atoms with Crippen molar-refractivity contribution in [3.05, 3.63) is 11.4 Å². The second-order valence-electron chi connectivity index (χ2n) is 4.58. The molecule has 1 aromatic rings. The van der Waals surface area contributed by atoms with Gasteiger partial charge in [-0.15, -0.1) is 0 Å². The van der Waals surface area contributed by atoms with E-state index in [-0.39, 0.29) is 0 Å². The molecule has 1 aliphatic heterocycles. The Hall–Kier alpha value is -2.21. The molecule has 1 aliphatic rings. The molecule has 0 aromatic carbocycles. The van der Waals surface area contributed by atoms with Crippen LogP contribution in [0.15, 0.2) is 0 Å². The zero-order chi connectivity index (χ0) is 16.6. The number of aliphatic hydroxyl groups excluding tert-OH is 3. The second kappa shape index (κ2) is 5.88. The van der Waals surface area contributed by atoms with Crippen LogP contribution in [0.3, 0.4) is 0 Å². The molecule has 0 radical (unpaired) electrons. The first-order valence-corrected chi connectivity index (χ1v) is 6.15. The highest BCUT2D eigenvalue weighted by molar-refractivity contribution is 5.99. The standard InChI is InChI=1S/C11H15N3O8/c1-21-11(20)4-7(17)5(9(12)19)14(13-4)10-8(18)6(16)3(2-15)22-10/h3,6,8,10,15-18H,2H2,1H3,(H2,12,19)/t3-,6-,8-,10-/m1/s1. The Morgan fingerprint density at radius 2 is 2.05 bits per heavy atom. The molecule has 2 heterocycles. The molecule has 0 spiro atoms. The van der Waals surface area contributed by atoms with Gasteiger partial charge in [0.2, 0.25) is 5.69 Å². The topological polar surface area (TPSA) is 177 Å². The van der Waals surface area contributed by atoms with Crippen molar-refractivity contribution in [3.8, 4) is 5.75 Å². The molecule has 1 aromatic heterocycles. The van der Waals surface area contributed by atoms with Crippen LogP contribution in [0.4, 0.5) is 0 Å². The van der Waals surface area contributed by atoms with Crippen molar-refractivity contribution in [2.45, 2.75) is 24.5 Å². The third kappa shape index (κ3) is 2.39. The van der Waals surface area contributed by atoms with E-state index in [1.54, 1.807) is 0 Å². The van der Waals surface area contributed by atoms with Crippen LogP contribution in [0.25, 0.3) is 0 Å². The number of carbonyl (C=O) groups is 2. The third-order valence-corrected chi connectivity index (χ3v) is 3.26. The normalized spacial score (nSPS) is 27.8. The van der Waals surface area contributed by atoms with E-state index in [0.29, 0.717) is 4.68 Å². The lowest BCUT2D eigenvalue weighted by Gasteiger charge is -2.16. The first kappa shape index (κ1) is 16.2. The Morgan fingerprint density at radius 3 is 2.50 bits per heavy atom. The van der Waals surface area contributed by atoms with E-state index in [0.717, 1.165) is 7.11 Å². The number of aromatic hydroxyl groups is 1. The monoisotopic (exact) mass is 317 g/mol. The highest BCUT2D eigenvalue weighted by Gasteiger charge is 2.46. The summed E-state index contributed by atoms with van der Waals surface area (Å²) in [6.45, 7) is -0.599. The van der Waals surface area contributed by atoms with Gasteiger partial charge in [0, 0.05) is 0 Å². The van der Waals surface area contributed by atoms with Crippen LogP contribution in [0.5, 0.6) is 5.75 Å². The van der Waals surface area contributed by atoms with Gasteiger partial charge in [-0.05, 0) is 0 Å². The van der Waals surface area contributed by atoms with E-state index < -0.39 is 60.2 Å². The number of nitrogens with two attached hydrogens (primary N) is 1. The summed E-state index contributed by atoms with van der Waals surface area (Å²) >= 11 is 0. The van der Waals surface area contributed by atoms with Gasteiger partial charge in [-0.2, -0.15) is 5.10 Å². The molecule has 1 saturated heterocycles. The number of esters is 1. The number of aliphatic hydroxyl groups is 3. The first-order valence-electron chi connectivity index (χ1n) is 6.15. The summed E-state index contributed by atoms with van der Waals surface area (Å²) in [6.07, 6.45) is -5.59. The lowest BCUT2D eigenvalue weighted by atomic mass is 10.1. The van der Waals surface area contributed by atoms with Crippen LogP contribution in [0, 0.1) is 0 Å². The molecule has 0 saturated carbocycles. The number of hydrogen-bond acceptors (Lipinski definition) is 9. The smallest absolute Gasteiger partial charge is 0.362 e. The van der Waals surface area contributed by atoms with Crippen molar-refractivity contribution in [1.29, 1.82) is 0 Å². The van der Waals surface area contributed by atoms with Crippen LogP contribution in [0.1, 0.15) is 27.2 Å². The maximum atomic E-state index is 11.5. The highest BCUT2D eigenvalue weighted by Crippen LogP contribution is 2.33. The van der Waals surface area contributed by atoms with Gasteiger partial charge in [0.15, 0.2) is 17.7 Å². The predicted molar refractivity (Wildman–Crippen MR) is 66.8 cm³/mol. The Labute approximate surface area is 123 Å². The van der Waals surface area contributed by atoms with Crippen LogP contribution in [-0.2, 0) is 9.47 Å². The van der Waals surface area contributed by atoms with Crippen LogP contribution in [0.2, 0.25) is 0 Å². The molecule has 1 fully saturated rings. The van der Waals surface area contributed by atoms with Gasteiger partial charge in [-0.25, -0.2) is 9.48 Å².